The lowest BCUT2D eigenvalue weighted by molar-refractivity contribution is 0.825. The lowest BCUT2D eigenvalue weighted by Crippen LogP contribution is -2.09. The smallest absolute Gasteiger partial charge is 0.0901 e. The predicted octanol–water partition coefficient (Wildman–Crippen LogP) is 9.13. The van der Waals surface area contributed by atoms with Crippen LogP contribution in [-0.4, -0.2) is 4.57 Å². The number of allylic oxidation sites excluding steroid dienone is 10. The van der Waals surface area contributed by atoms with Crippen LogP contribution in [0.15, 0.2) is 72.4 Å². The number of rotatable bonds is 4. The summed E-state index contributed by atoms with van der Waals surface area (Å²) >= 11 is 0. The first-order valence-corrected chi connectivity index (χ1v) is 14.6. The molecule has 190 valence electrons. The molecule has 0 aliphatic heterocycles. The van der Waals surface area contributed by atoms with E-state index in [-0.39, 0.29) is 0 Å². The maximum Gasteiger partial charge on any atom is 0.0901 e. The molecule has 1 aromatic heterocycles. The summed E-state index contributed by atoms with van der Waals surface area (Å²) in [6.07, 6.45) is 28.8. The van der Waals surface area contributed by atoms with Gasteiger partial charge in [0.2, 0.25) is 0 Å². The van der Waals surface area contributed by atoms with Crippen LogP contribution >= 0.6 is 0 Å². The minimum atomic E-state index is 0.967. The third-order valence-corrected chi connectivity index (χ3v) is 8.92. The highest BCUT2D eigenvalue weighted by Crippen LogP contribution is 2.41. The zero-order chi connectivity index (χ0) is 25.8. The van der Waals surface area contributed by atoms with Crippen LogP contribution in [0.5, 0.6) is 0 Å². The van der Waals surface area contributed by atoms with Crippen LogP contribution in [-0.2, 0) is 19.3 Å². The molecule has 0 saturated carbocycles. The predicted molar refractivity (Wildman–Crippen MR) is 163 cm³/mol. The summed E-state index contributed by atoms with van der Waals surface area (Å²) in [6, 6.07) is 18.1. The van der Waals surface area contributed by atoms with E-state index in [1.807, 2.05) is 0 Å². The van der Waals surface area contributed by atoms with Gasteiger partial charge in [0.25, 0.3) is 0 Å². The van der Waals surface area contributed by atoms with Gasteiger partial charge in [-0.3, -0.25) is 0 Å². The molecule has 5 aliphatic carbocycles. The Morgan fingerprint density at radius 1 is 0.744 bits per heavy atom. The van der Waals surface area contributed by atoms with Gasteiger partial charge < -0.3 is 9.88 Å². The first-order chi connectivity index (χ1) is 19.3. The molecule has 1 N–H and O–H groups in total. The second kappa shape index (κ2) is 9.21. The van der Waals surface area contributed by atoms with E-state index in [1.54, 1.807) is 5.57 Å². The van der Waals surface area contributed by atoms with Gasteiger partial charge in [-0.25, -0.2) is 0 Å². The number of hydrogen-bond acceptors (Lipinski definition) is 1. The van der Waals surface area contributed by atoms with Crippen LogP contribution in [0.4, 0.5) is 11.4 Å². The fourth-order valence-corrected chi connectivity index (χ4v) is 7.07. The van der Waals surface area contributed by atoms with Gasteiger partial charge in [-0.15, -0.1) is 0 Å². The van der Waals surface area contributed by atoms with Gasteiger partial charge in [0.1, 0.15) is 0 Å². The van der Waals surface area contributed by atoms with Crippen LogP contribution in [0, 0.1) is 12.1 Å². The Kier molecular flexibility index (Phi) is 5.37. The summed E-state index contributed by atoms with van der Waals surface area (Å²) in [5, 5.41) is 3.57. The average Bonchev–Trinajstić information content (AvgIpc) is 3.53. The number of fused-ring (bicyclic) bond motifs is 5. The van der Waals surface area contributed by atoms with E-state index in [0.717, 1.165) is 68.3 Å². The van der Waals surface area contributed by atoms with Gasteiger partial charge in [-0.05, 0) is 128 Å². The van der Waals surface area contributed by atoms with Gasteiger partial charge in [-0.1, -0.05) is 48.6 Å². The van der Waals surface area contributed by atoms with Crippen LogP contribution in [0.1, 0.15) is 77.7 Å². The quantitative estimate of drug-likeness (QED) is 0.375. The van der Waals surface area contributed by atoms with Gasteiger partial charge in [0.15, 0.2) is 0 Å². The Balaban J connectivity index is 1.06. The molecule has 0 unspecified atom stereocenters. The van der Waals surface area contributed by atoms with Crippen molar-refractivity contribution in [2.45, 2.75) is 57.8 Å². The van der Waals surface area contributed by atoms with Crippen molar-refractivity contribution in [1.29, 1.82) is 0 Å². The van der Waals surface area contributed by atoms with Gasteiger partial charge in [0.05, 0.1) is 5.69 Å². The van der Waals surface area contributed by atoms with Crippen molar-refractivity contribution in [1.82, 2.24) is 4.57 Å². The maximum atomic E-state index is 3.57. The molecule has 2 heteroatoms. The Hall–Kier alpha value is -4.22. The minimum Gasteiger partial charge on any atom is -0.349 e. The zero-order valence-electron chi connectivity index (χ0n) is 22.3. The van der Waals surface area contributed by atoms with Crippen molar-refractivity contribution in [3.8, 4) is 0 Å². The van der Waals surface area contributed by atoms with Gasteiger partial charge in [-0.2, -0.15) is 0 Å². The van der Waals surface area contributed by atoms with E-state index >= 15 is 0 Å². The molecule has 0 saturated heterocycles. The zero-order valence-corrected chi connectivity index (χ0v) is 22.3. The third kappa shape index (κ3) is 3.88. The van der Waals surface area contributed by atoms with Crippen LogP contribution in [0.3, 0.4) is 0 Å². The lowest BCUT2D eigenvalue weighted by atomic mass is 9.90. The van der Waals surface area contributed by atoms with E-state index in [9.17, 15) is 0 Å². The molecular weight excluding hydrogens is 472 g/mol. The summed E-state index contributed by atoms with van der Waals surface area (Å²) in [5.74, 6) is 0. The van der Waals surface area contributed by atoms with E-state index in [4.69, 9.17) is 0 Å². The molecule has 0 radical (unpaired) electrons. The Morgan fingerprint density at radius 3 is 2.54 bits per heavy atom. The second-order valence-electron chi connectivity index (χ2n) is 11.3. The molecule has 5 aliphatic rings. The van der Waals surface area contributed by atoms with Crippen molar-refractivity contribution < 1.29 is 0 Å². The number of nitrogens with zero attached hydrogens (tertiary/aromatic N) is 1. The van der Waals surface area contributed by atoms with E-state index in [2.05, 4.69) is 101 Å². The third-order valence-electron chi connectivity index (χ3n) is 8.92. The summed E-state index contributed by atoms with van der Waals surface area (Å²) in [4.78, 5) is 0. The molecule has 0 amide bonds. The van der Waals surface area contributed by atoms with Crippen molar-refractivity contribution in [2.75, 3.05) is 5.32 Å². The van der Waals surface area contributed by atoms with Crippen molar-refractivity contribution in [3.63, 3.8) is 0 Å². The molecule has 0 fully saturated rings. The topological polar surface area (TPSA) is 17.0 Å². The first kappa shape index (κ1) is 22.7. The molecule has 0 spiro atoms. The number of aromatic nitrogens is 1. The largest absolute Gasteiger partial charge is 0.349 e. The average molecular weight is 505 g/mol. The highest BCUT2D eigenvalue weighted by Gasteiger charge is 2.26. The van der Waals surface area contributed by atoms with Crippen molar-refractivity contribution in [3.05, 3.63) is 124 Å². The Bertz CT molecular complexity index is 1680. The summed E-state index contributed by atoms with van der Waals surface area (Å²) in [5.41, 5.74) is 17.7. The lowest BCUT2D eigenvalue weighted by Gasteiger charge is -2.20. The number of hydrogen-bond donors (Lipinski definition) is 1. The molecule has 2 aromatic carbocycles. The monoisotopic (exact) mass is 504 g/mol. The summed E-state index contributed by atoms with van der Waals surface area (Å²) in [7, 11) is 0. The van der Waals surface area contributed by atoms with E-state index < -0.39 is 0 Å². The van der Waals surface area contributed by atoms with Gasteiger partial charge >= 0.3 is 0 Å². The summed E-state index contributed by atoms with van der Waals surface area (Å²) < 4.78 is 2.57. The highest BCUT2D eigenvalue weighted by atomic mass is 15.0. The van der Waals surface area contributed by atoms with E-state index in [1.165, 1.54) is 56.9 Å². The van der Waals surface area contributed by atoms with Gasteiger partial charge in [0, 0.05) is 39.5 Å². The Morgan fingerprint density at radius 2 is 1.64 bits per heavy atom. The normalized spacial score (nSPS) is 18.6. The molecule has 0 atom stereocenters. The van der Waals surface area contributed by atoms with Crippen molar-refractivity contribution >= 4 is 40.4 Å². The SMILES string of the molecule is c1c(Nc2ccc3c(c2)CC2=C3CCC=C2)ccc(C2=Cc3c4c(n(C5=CCCC=C5)c3CC2)CCC=C4)c#1. The van der Waals surface area contributed by atoms with Crippen molar-refractivity contribution in [2.24, 2.45) is 0 Å². The molecule has 2 nitrogen and oxygen atoms in total. The minimum absolute atomic E-state index is 0.967. The number of benzene rings is 1. The molecule has 3 aromatic rings. The highest BCUT2D eigenvalue weighted by molar-refractivity contribution is 5.89. The molecule has 0 bridgehead atoms. The molecule has 1 heterocycles. The number of nitrogens with one attached hydrogen (secondary N) is 1. The molecule has 8 rings (SSSR count). The van der Waals surface area contributed by atoms with E-state index in [0.29, 0.717) is 0 Å². The standard InChI is InChI=1S/C37H32N2/c1-2-9-31(10-3-1)39-36-13-7-6-12-34(36)35-24-26(16-21-37(35)39)25-14-17-29(18-15-25)38-30-19-20-33-28(23-30)22-27-8-4-5-11-32(27)33/h2,4,6,8-10,12,14,17,19-20,23-24,38H,1,3,5,7,11,13,16,21-22H2. The van der Waals surface area contributed by atoms with Crippen LogP contribution in [0.25, 0.3) is 29.0 Å². The fourth-order valence-electron chi connectivity index (χ4n) is 7.07. The fraction of sp³-hybridized carbons (Fsp3) is 0.243. The molecule has 39 heavy (non-hydrogen) atoms. The van der Waals surface area contributed by atoms with Crippen LogP contribution in [0.2, 0.25) is 0 Å². The Labute approximate surface area is 231 Å². The second-order valence-corrected chi connectivity index (χ2v) is 11.3. The maximum absolute atomic E-state index is 3.57. The first-order valence-electron chi connectivity index (χ1n) is 14.6. The number of anilines is 2. The molecular formula is C37H32N2. The summed E-state index contributed by atoms with van der Waals surface area (Å²) in [6.45, 7) is 0. The van der Waals surface area contributed by atoms with Crippen LogP contribution < -0.4 is 5.32 Å².